The fourth-order valence-corrected chi connectivity index (χ4v) is 2.64. The molecule has 162 valence electrons. The van der Waals surface area contributed by atoms with Crippen molar-refractivity contribution < 1.29 is 31.5 Å². The van der Waals surface area contributed by atoms with Gasteiger partial charge in [0.2, 0.25) is 5.91 Å². The summed E-state index contributed by atoms with van der Waals surface area (Å²) in [5.74, 6) is -5.11. The number of anilines is 1. The molecular formula is C19H14F5N5O2. The molecule has 0 aliphatic carbocycles. The second-order valence-corrected chi connectivity index (χ2v) is 6.06. The van der Waals surface area contributed by atoms with Crippen LogP contribution in [0.1, 0.15) is 11.1 Å². The number of carbonyl (C=O) groups excluding carboxylic acids is 1. The van der Waals surface area contributed by atoms with Crippen LogP contribution in [0.15, 0.2) is 36.7 Å². The Morgan fingerprint density at radius 1 is 1.19 bits per heavy atom. The van der Waals surface area contributed by atoms with Gasteiger partial charge in [-0.05, 0) is 29.8 Å². The number of hydrogen-bond acceptors (Lipinski definition) is 5. The highest BCUT2D eigenvalue weighted by molar-refractivity contribution is 6.02. The highest BCUT2D eigenvalue weighted by Gasteiger charge is 2.17. The Morgan fingerprint density at radius 3 is 2.58 bits per heavy atom. The second kappa shape index (κ2) is 9.89. The number of carbonyl (C=O) groups is 1. The fraction of sp³-hybridized carbons (Fsp3) is 0.158. The smallest absolute Gasteiger partial charge is 0.323 e. The van der Waals surface area contributed by atoms with Crippen LogP contribution in [0.2, 0.25) is 0 Å². The minimum Gasteiger partial charge on any atom is -0.323 e. The number of halogens is 5. The van der Waals surface area contributed by atoms with Gasteiger partial charge in [-0.2, -0.15) is 24.1 Å². The largest absolute Gasteiger partial charge is 0.345 e. The minimum atomic E-state index is -2.96. The Balaban J connectivity index is 1.79. The number of amides is 1. The van der Waals surface area contributed by atoms with Crippen LogP contribution in [-0.2, 0) is 16.0 Å². The van der Waals surface area contributed by atoms with Gasteiger partial charge in [0.05, 0.1) is 24.7 Å². The van der Waals surface area contributed by atoms with Crippen LogP contribution >= 0.6 is 0 Å². The number of aromatic amines is 1. The van der Waals surface area contributed by atoms with Gasteiger partial charge in [-0.1, -0.05) is 0 Å². The van der Waals surface area contributed by atoms with E-state index in [1.54, 1.807) is 6.07 Å². The molecule has 2 N–H and O–H groups in total. The van der Waals surface area contributed by atoms with E-state index in [2.05, 4.69) is 30.4 Å². The lowest BCUT2D eigenvalue weighted by Crippen LogP contribution is -2.11. The Kier molecular flexibility index (Phi) is 7.03. The Bertz CT molecular complexity index is 1070. The minimum absolute atomic E-state index is 0.0216. The van der Waals surface area contributed by atoms with Crippen LogP contribution in [-0.4, -0.2) is 39.5 Å². The van der Waals surface area contributed by atoms with E-state index in [9.17, 15) is 26.7 Å². The molecule has 31 heavy (non-hydrogen) atoms. The summed E-state index contributed by atoms with van der Waals surface area (Å²) in [5, 5.41) is 16.5. The molecule has 0 unspecified atom stereocenters. The third-order valence-corrected chi connectivity index (χ3v) is 4.01. The molecule has 0 aliphatic rings. The number of rotatable bonds is 8. The summed E-state index contributed by atoms with van der Waals surface area (Å²) in [6, 6.07) is 3.04. The van der Waals surface area contributed by atoms with Crippen molar-refractivity contribution in [1.29, 1.82) is 0 Å². The summed E-state index contributed by atoms with van der Waals surface area (Å²) in [5.41, 5.74) is 1.24. The molecule has 0 fully saturated rings. The number of nitrogens with one attached hydrogen (secondary N) is 2. The van der Waals surface area contributed by atoms with Gasteiger partial charge in [-0.15, -0.1) is 0 Å². The van der Waals surface area contributed by atoms with Crippen molar-refractivity contribution in [2.24, 2.45) is 0 Å². The molecule has 0 saturated heterocycles. The molecule has 0 saturated carbocycles. The van der Waals surface area contributed by atoms with Gasteiger partial charge < -0.3 is 10.1 Å². The lowest BCUT2D eigenvalue weighted by Gasteiger charge is -2.07. The van der Waals surface area contributed by atoms with Crippen molar-refractivity contribution in [2.45, 2.75) is 13.0 Å². The maximum Gasteiger partial charge on any atom is 0.345 e. The van der Waals surface area contributed by atoms with Gasteiger partial charge in [0.15, 0.2) is 23.3 Å². The zero-order chi connectivity index (χ0) is 22.4. The van der Waals surface area contributed by atoms with Crippen LogP contribution in [0.5, 0.6) is 0 Å². The van der Waals surface area contributed by atoms with Crippen molar-refractivity contribution in [3.8, 4) is 11.3 Å². The van der Waals surface area contributed by atoms with Gasteiger partial charge in [-0.25, -0.2) is 13.2 Å². The summed E-state index contributed by atoms with van der Waals surface area (Å²) >= 11 is 0. The summed E-state index contributed by atoms with van der Waals surface area (Å²) < 4.78 is 68.4. The molecule has 1 aromatic carbocycles. The topological polar surface area (TPSA) is 92.8 Å². The van der Waals surface area contributed by atoms with Crippen molar-refractivity contribution in [1.82, 2.24) is 20.4 Å². The zero-order valence-corrected chi connectivity index (χ0v) is 15.6. The molecule has 2 aromatic heterocycles. The third kappa shape index (κ3) is 5.69. The average molecular weight is 439 g/mol. The normalized spacial score (nSPS) is 11.4. The van der Waals surface area contributed by atoms with E-state index >= 15 is 0 Å². The summed E-state index contributed by atoms with van der Waals surface area (Å²) in [7, 11) is 0. The zero-order valence-electron chi connectivity index (χ0n) is 15.6. The van der Waals surface area contributed by atoms with E-state index < -0.39 is 30.0 Å². The molecule has 12 heteroatoms. The summed E-state index contributed by atoms with van der Waals surface area (Å²) in [4.78, 5) is 12.2. The Hall–Kier alpha value is -3.67. The summed E-state index contributed by atoms with van der Waals surface area (Å²) in [6.07, 6.45) is 4.83. The maximum atomic E-state index is 13.3. The molecule has 0 radical (unpaired) electrons. The average Bonchev–Trinajstić information content (AvgIpc) is 3.13. The maximum absolute atomic E-state index is 13.3. The first-order valence-corrected chi connectivity index (χ1v) is 8.73. The number of hydrogen-bond donors (Lipinski definition) is 2. The van der Waals surface area contributed by atoms with E-state index in [1.807, 2.05) is 0 Å². The molecule has 7 nitrogen and oxygen atoms in total. The molecule has 2 heterocycles. The number of aromatic nitrogens is 4. The third-order valence-electron chi connectivity index (χ3n) is 4.01. The van der Waals surface area contributed by atoms with Crippen LogP contribution in [0.3, 0.4) is 0 Å². The van der Waals surface area contributed by atoms with Crippen molar-refractivity contribution in [3.05, 3.63) is 65.2 Å². The quantitative estimate of drug-likeness (QED) is 0.317. The molecule has 1 amide bonds. The first-order valence-electron chi connectivity index (χ1n) is 8.73. The van der Waals surface area contributed by atoms with E-state index in [0.717, 1.165) is 24.3 Å². The number of nitrogens with zero attached hydrogens (tertiary/aromatic N) is 3. The lowest BCUT2D eigenvalue weighted by molar-refractivity contribution is -0.127. The van der Waals surface area contributed by atoms with E-state index in [1.165, 1.54) is 12.4 Å². The Labute approximate surface area is 172 Å². The molecule has 3 aromatic rings. The molecule has 3 rings (SSSR count). The van der Waals surface area contributed by atoms with Crippen molar-refractivity contribution >= 4 is 17.8 Å². The number of H-pyrrole nitrogens is 1. The number of alkyl halides is 2. The molecule has 0 spiro atoms. The Morgan fingerprint density at radius 2 is 1.94 bits per heavy atom. The van der Waals surface area contributed by atoms with Crippen LogP contribution in [0.25, 0.3) is 17.3 Å². The molecule has 0 bridgehead atoms. The fourth-order valence-electron chi connectivity index (χ4n) is 2.64. The van der Waals surface area contributed by atoms with Gasteiger partial charge >= 0.3 is 6.61 Å². The van der Waals surface area contributed by atoms with Gasteiger partial charge in [0.25, 0.3) is 0 Å². The predicted octanol–water partition coefficient (Wildman–Crippen LogP) is 3.72. The first kappa shape index (κ1) is 22.0. The van der Waals surface area contributed by atoms with Gasteiger partial charge in [0, 0.05) is 23.6 Å². The molecule has 0 atom stereocenters. The van der Waals surface area contributed by atoms with E-state index in [0.29, 0.717) is 16.8 Å². The number of benzene rings is 1. The van der Waals surface area contributed by atoms with Crippen molar-refractivity contribution in [3.63, 3.8) is 0 Å². The van der Waals surface area contributed by atoms with Gasteiger partial charge in [0.1, 0.15) is 0 Å². The highest BCUT2D eigenvalue weighted by atomic mass is 19.3. The first-order chi connectivity index (χ1) is 14.8. The van der Waals surface area contributed by atoms with Crippen LogP contribution in [0.4, 0.5) is 27.8 Å². The van der Waals surface area contributed by atoms with Crippen LogP contribution in [0, 0.1) is 17.5 Å². The van der Waals surface area contributed by atoms with E-state index in [4.69, 9.17) is 0 Å². The SMILES string of the molecule is O=C(C=Cc1cc(F)c(F)c(F)c1)Nc1n[nH]c(-c2ccnnc2)c1CCOC(F)F. The summed E-state index contributed by atoms with van der Waals surface area (Å²) in [6.45, 7) is -3.31. The number of ether oxygens (including phenoxy) is 1. The highest BCUT2D eigenvalue weighted by Crippen LogP contribution is 2.27. The molecular weight excluding hydrogens is 425 g/mol. The van der Waals surface area contributed by atoms with Crippen LogP contribution < -0.4 is 5.32 Å². The lowest BCUT2D eigenvalue weighted by atomic mass is 10.1. The monoisotopic (exact) mass is 439 g/mol. The van der Waals surface area contributed by atoms with Gasteiger partial charge in [-0.3, -0.25) is 9.89 Å². The second-order valence-electron chi connectivity index (χ2n) is 6.06. The standard InChI is InChI=1S/C19H14F5N5O2/c20-13-7-10(8-14(21)16(13)22)1-2-15(30)27-18-12(4-6-31-19(23)24)17(28-29-18)11-3-5-25-26-9-11/h1-3,5,7-9,19H,4,6H2,(H2,27,28,29,30). The predicted molar refractivity (Wildman–Crippen MR) is 99.3 cm³/mol. The molecule has 0 aliphatic heterocycles. The van der Waals surface area contributed by atoms with Crippen molar-refractivity contribution in [2.75, 3.05) is 11.9 Å². The van der Waals surface area contributed by atoms with E-state index in [-0.39, 0.29) is 24.4 Å².